The molecule has 130 valence electrons. The molecule has 0 bridgehead atoms. The maximum Gasteiger partial charge on any atom is 0.412 e. The molecule has 2 rings (SSSR count). The Morgan fingerprint density at radius 2 is 1.96 bits per heavy atom. The third kappa shape index (κ3) is 4.32. The Hall–Kier alpha value is -2.41. The topological polar surface area (TPSA) is 91.2 Å². The molecule has 0 spiro atoms. The van der Waals surface area contributed by atoms with Crippen LogP contribution in [0.2, 0.25) is 0 Å². The van der Waals surface area contributed by atoms with Gasteiger partial charge in [-0.05, 0) is 58.4 Å². The molecule has 2 amide bonds. The van der Waals surface area contributed by atoms with Gasteiger partial charge in [-0.3, -0.25) is 10.1 Å². The van der Waals surface area contributed by atoms with E-state index in [0.29, 0.717) is 23.5 Å². The van der Waals surface area contributed by atoms with Gasteiger partial charge in [-0.2, -0.15) is 5.10 Å². The van der Waals surface area contributed by atoms with E-state index in [4.69, 9.17) is 9.84 Å². The molecule has 24 heavy (non-hydrogen) atoms. The summed E-state index contributed by atoms with van der Waals surface area (Å²) in [5.41, 5.74) is 1.28. The summed E-state index contributed by atoms with van der Waals surface area (Å²) in [5.74, 6) is -0.538. The zero-order valence-corrected chi connectivity index (χ0v) is 14.4. The summed E-state index contributed by atoms with van der Waals surface area (Å²) in [6.07, 6.45) is -0.174. The number of carbonyl (C=O) groups is 2. The number of hydrazone groups is 1. The number of aliphatic hydroxyl groups is 1. The van der Waals surface area contributed by atoms with Crippen molar-refractivity contribution in [3.63, 3.8) is 0 Å². The van der Waals surface area contributed by atoms with Crippen LogP contribution in [0.5, 0.6) is 0 Å². The maximum absolute atomic E-state index is 12.3. The fraction of sp³-hybridized carbons (Fsp3) is 0.471. The van der Waals surface area contributed by atoms with Crippen LogP contribution in [-0.4, -0.2) is 35.0 Å². The molecule has 7 nitrogen and oxygen atoms in total. The summed E-state index contributed by atoms with van der Waals surface area (Å²) in [6.45, 7) is 7.08. The van der Waals surface area contributed by atoms with Crippen LogP contribution in [0.1, 0.15) is 34.1 Å². The van der Waals surface area contributed by atoms with Crippen molar-refractivity contribution < 1.29 is 19.4 Å². The SMILES string of the molecule is CC1=NN(c2ccc(NC(=O)OC(C)(C)C)cc2)C(=O)C1CCO. The molecule has 1 aromatic carbocycles. The van der Waals surface area contributed by atoms with Crippen LogP contribution in [0.15, 0.2) is 29.4 Å². The van der Waals surface area contributed by atoms with Crippen molar-refractivity contribution in [3.05, 3.63) is 24.3 Å². The van der Waals surface area contributed by atoms with E-state index in [0.717, 1.165) is 0 Å². The van der Waals surface area contributed by atoms with Gasteiger partial charge < -0.3 is 9.84 Å². The number of nitrogens with zero attached hydrogens (tertiary/aromatic N) is 2. The van der Waals surface area contributed by atoms with Crippen molar-refractivity contribution in [2.75, 3.05) is 16.9 Å². The zero-order valence-electron chi connectivity index (χ0n) is 14.4. The lowest BCUT2D eigenvalue weighted by molar-refractivity contribution is -0.120. The van der Waals surface area contributed by atoms with E-state index in [9.17, 15) is 9.59 Å². The van der Waals surface area contributed by atoms with Crippen molar-refractivity contribution in [2.45, 2.75) is 39.7 Å². The number of hydrogen-bond acceptors (Lipinski definition) is 5. The molecule has 0 saturated heterocycles. The molecule has 0 aliphatic carbocycles. The van der Waals surface area contributed by atoms with Gasteiger partial charge in [0, 0.05) is 18.0 Å². The van der Waals surface area contributed by atoms with Gasteiger partial charge in [0.1, 0.15) is 5.60 Å². The van der Waals surface area contributed by atoms with Gasteiger partial charge in [0.15, 0.2) is 0 Å². The summed E-state index contributed by atoms with van der Waals surface area (Å²) in [6, 6.07) is 6.75. The molecule has 0 fully saturated rings. The molecule has 1 heterocycles. The van der Waals surface area contributed by atoms with E-state index >= 15 is 0 Å². The summed E-state index contributed by atoms with van der Waals surface area (Å²) < 4.78 is 5.18. The first-order chi connectivity index (χ1) is 11.2. The second-order valence-electron chi connectivity index (χ2n) is 6.63. The number of nitrogens with one attached hydrogen (secondary N) is 1. The highest BCUT2D eigenvalue weighted by Gasteiger charge is 2.33. The molecule has 0 saturated carbocycles. The van der Waals surface area contributed by atoms with E-state index in [1.807, 2.05) is 0 Å². The van der Waals surface area contributed by atoms with Gasteiger partial charge in [0.2, 0.25) is 0 Å². The van der Waals surface area contributed by atoms with Gasteiger partial charge in [-0.1, -0.05) is 0 Å². The lowest BCUT2D eigenvalue weighted by Gasteiger charge is -2.20. The largest absolute Gasteiger partial charge is 0.444 e. The van der Waals surface area contributed by atoms with Gasteiger partial charge in [-0.25, -0.2) is 9.80 Å². The molecule has 1 atom stereocenters. The Morgan fingerprint density at radius 3 is 2.50 bits per heavy atom. The van der Waals surface area contributed by atoms with Crippen LogP contribution in [0, 0.1) is 5.92 Å². The minimum Gasteiger partial charge on any atom is -0.444 e. The average molecular weight is 333 g/mol. The summed E-state index contributed by atoms with van der Waals surface area (Å²) >= 11 is 0. The highest BCUT2D eigenvalue weighted by Crippen LogP contribution is 2.26. The molecule has 1 aromatic rings. The number of amides is 2. The molecular formula is C17H23N3O4. The van der Waals surface area contributed by atoms with Crippen molar-refractivity contribution in [1.29, 1.82) is 0 Å². The number of carbonyl (C=O) groups excluding carboxylic acids is 2. The van der Waals surface area contributed by atoms with Crippen LogP contribution >= 0.6 is 0 Å². The molecule has 0 radical (unpaired) electrons. The van der Waals surface area contributed by atoms with Gasteiger partial charge in [0.25, 0.3) is 5.91 Å². The van der Waals surface area contributed by atoms with Crippen LogP contribution < -0.4 is 10.3 Å². The second kappa shape index (κ2) is 7.00. The third-order valence-corrected chi connectivity index (χ3v) is 3.44. The Labute approximate surface area is 141 Å². The van der Waals surface area contributed by atoms with Crippen LogP contribution in [0.4, 0.5) is 16.2 Å². The predicted molar refractivity (Wildman–Crippen MR) is 92.1 cm³/mol. The van der Waals surface area contributed by atoms with E-state index in [1.54, 1.807) is 52.0 Å². The standard InChI is InChI=1S/C17H23N3O4/c1-11-14(9-10-21)15(22)20(19-11)13-7-5-12(6-8-13)18-16(23)24-17(2,3)4/h5-8,14,21H,9-10H2,1-4H3,(H,18,23). The quantitative estimate of drug-likeness (QED) is 0.886. The third-order valence-electron chi connectivity index (χ3n) is 3.44. The number of aliphatic hydroxyl groups excluding tert-OH is 1. The Balaban J connectivity index is 2.05. The second-order valence-corrected chi connectivity index (χ2v) is 6.63. The fourth-order valence-electron chi connectivity index (χ4n) is 2.36. The van der Waals surface area contributed by atoms with E-state index < -0.39 is 11.7 Å². The molecule has 1 aliphatic rings. The highest BCUT2D eigenvalue weighted by molar-refractivity contribution is 6.14. The van der Waals surface area contributed by atoms with E-state index in [1.165, 1.54) is 5.01 Å². The first-order valence-corrected chi connectivity index (χ1v) is 7.81. The summed E-state index contributed by atoms with van der Waals surface area (Å²) in [4.78, 5) is 24.1. The van der Waals surface area contributed by atoms with Crippen LogP contribution in [0.3, 0.4) is 0 Å². The van der Waals surface area contributed by atoms with Gasteiger partial charge in [-0.15, -0.1) is 0 Å². The van der Waals surface area contributed by atoms with Crippen molar-refractivity contribution in [1.82, 2.24) is 0 Å². The summed E-state index contributed by atoms with van der Waals surface area (Å²) in [5, 5.41) is 17.3. The van der Waals surface area contributed by atoms with Gasteiger partial charge >= 0.3 is 6.09 Å². The molecular weight excluding hydrogens is 310 g/mol. The zero-order chi connectivity index (χ0) is 17.9. The Bertz CT molecular complexity index is 647. The lowest BCUT2D eigenvalue weighted by atomic mass is 10.0. The molecule has 1 aliphatic heterocycles. The number of benzene rings is 1. The number of rotatable bonds is 4. The number of ether oxygens (including phenoxy) is 1. The minimum absolute atomic E-state index is 0.0597. The average Bonchev–Trinajstić information content (AvgIpc) is 2.74. The van der Waals surface area contributed by atoms with Crippen LogP contribution in [-0.2, 0) is 9.53 Å². The van der Waals surface area contributed by atoms with Gasteiger partial charge in [0.05, 0.1) is 11.6 Å². The lowest BCUT2D eigenvalue weighted by Crippen LogP contribution is -2.28. The minimum atomic E-state index is -0.569. The first-order valence-electron chi connectivity index (χ1n) is 7.81. The van der Waals surface area contributed by atoms with Crippen molar-refractivity contribution >= 4 is 29.1 Å². The molecule has 1 unspecified atom stereocenters. The normalized spacial score (nSPS) is 17.7. The Kier molecular flexibility index (Phi) is 5.23. The molecule has 0 aromatic heterocycles. The predicted octanol–water partition coefficient (Wildman–Crippen LogP) is 2.75. The number of hydrogen-bond donors (Lipinski definition) is 2. The molecule has 2 N–H and O–H groups in total. The fourth-order valence-corrected chi connectivity index (χ4v) is 2.36. The van der Waals surface area contributed by atoms with Crippen LogP contribution in [0.25, 0.3) is 0 Å². The molecule has 7 heteroatoms. The van der Waals surface area contributed by atoms with E-state index in [-0.39, 0.29) is 18.4 Å². The summed E-state index contributed by atoms with van der Waals surface area (Å²) in [7, 11) is 0. The van der Waals surface area contributed by atoms with E-state index in [2.05, 4.69) is 10.4 Å². The number of anilines is 2. The smallest absolute Gasteiger partial charge is 0.412 e. The maximum atomic E-state index is 12.3. The first kappa shape index (κ1) is 17.9. The van der Waals surface area contributed by atoms with Crippen molar-refractivity contribution in [3.8, 4) is 0 Å². The Morgan fingerprint density at radius 1 is 1.33 bits per heavy atom. The van der Waals surface area contributed by atoms with Crippen molar-refractivity contribution in [2.24, 2.45) is 11.0 Å². The highest BCUT2D eigenvalue weighted by atomic mass is 16.6. The monoisotopic (exact) mass is 333 g/mol.